The molecule has 3 aromatic rings. The number of pyridine rings is 1. The number of methoxy groups -OCH3 is 2. The molecule has 0 fully saturated rings. The predicted molar refractivity (Wildman–Crippen MR) is 104 cm³/mol. The first kappa shape index (κ1) is 18.6. The van der Waals surface area contributed by atoms with Gasteiger partial charge in [-0.2, -0.15) is 5.10 Å². The normalized spacial score (nSPS) is 11.7. The van der Waals surface area contributed by atoms with Gasteiger partial charge in [-0.3, -0.25) is 4.98 Å². The van der Waals surface area contributed by atoms with Gasteiger partial charge in [-0.05, 0) is 38.1 Å². The van der Waals surface area contributed by atoms with Crippen LogP contribution in [0.3, 0.4) is 0 Å². The van der Waals surface area contributed by atoms with Crippen LogP contribution in [-0.2, 0) is 6.42 Å². The number of rotatable bonds is 7. The number of aryl methyl sites for hydroxylation is 1. The molecule has 0 saturated carbocycles. The van der Waals surface area contributed by atoms with Crippen LogP contribution in [0.5, 0.6) is 11.5 Å². The number of ether oxygens (including phenoxy) is 2. The van der Waals surface area contributed by atoms with E-state index in [-0.39, 0.29) is 6.04 Å². The summed E-state index contributed by atoms with van der Waals surface area (Å²) >= 11 is 0. The molecule has 7 heteroatoms. The van der Waals surface area contributed by atoms with Crippen LogP contribution in [0.1, 0.15) is 18.3 Å². The lowest BCUT2D eigenvalue weighted by Gasteiger charge is -2.14. The second-order valence-corrected chi connectivity index (χ2v) is 6.25. The molecule has 1 N–H and O–H groups in total. The number of benzene rings is 1. The summed E-state index contributed by atoms with van der Waals surface area (Å²) in [4.78, 5) is 9.11. The van der Waals surface area contributed by atoms with Gasteiger partial charge in [0.2, 0.25) is 5.95 Å². The zero-order valence-corrected chi connectivity index (χ0v) is 15.9. The van der Waals surface area contributed by atoms with E-state index >= 15 is 0 Å². The minimum atomic E-state index is 0.106. The van der Waals surface area contributed by atoms with Gasteiger partial charge in [0.15, 0.2) is 0 Å². The highest BCUT2D eigenvalue weighted by Crippen LogP contribution is 2.32. The molecule has 2 heterocycles. The SMILES string of the molecule is COc1ccc(-c2cnnc(N[C@H](C)Cc3cccc(C)n3)n2)c(OC)c1. The minimum absolute atomic E-state index is 0.106. The third kappa shape index (κ3) is 4.69. The zero-order chi connectivity index (χ0) is 19.2. The fourth-order valence-corrected chi connectivity index (χ4v) is 2.80. The molecule has 0 saturated heterocycles. The maximum Gasteiger partial charge on any atom is 0.243 e. The molecule has 0 spiro atoms. The molecule has 0 amide bonds. The van der Waals surface area contributed by atoms with E-state index in [2.05, 4.69) is 32.4 Å². The van der Waals surface area contributed by atoms with Crippen LogP contribution in [0.4, 0.5) is 5.95 Å². The Bertz CT molecular complexity index is 916. The van der Waals surface area contributed by atoms with Crippen molar-refractivity contribution in [2.24, 2.45) is 0 Å². The van der Waals surface area contributed by atoms with Crippen molar-refractivity contribution >= 4 is 5.95 Å². The van der Waals surface area contributed by atoms with E-state index < -0.39 is 0 Å². The Balaban J connectivity index is 1.77. The van der Waals surface area contributed by atoms with Gasteiger partial charge in [-0.15, -0.1) is 5.10 Å². The molecule has 0 aliphatic rings. The van der Waals surface area contributed by atoms with Gasteiger partial charge in [0.05, 0.1) is 26.1 Å². The summed E-state index contributed by atoms with van der Waals surface area (Å²) in [7, 11) is 3.23. The highest BCUT2D eigenvalue weighted by atomic mass is 16.5. The zero-order valence-electron chi connectivity index (χ0n) is 15.9. The molecule has 0 unspecified atom stereocenters. The van der Waals surface area contributed by atoms with E-state index in [1.165, 1.54) is 0 Å². The Kier molecular flexibility index (Phi) is 5.80. The molecule has 2 aromatic heterocycles. The van der Waals surface area contributed by atoms with Gasteiger partial charge in [-0.1, -0.05) is 6.07 Å². The Hall–Kier alpha value is -3.22. The third-order valence-corrected chi connectivity index (χ3v) is 4.08. The Morgan fingerprint density at radius 3 is 2.67 bits per heavy atom. The largest absolute Gasteiger partial charge is 0.497 e. The number of nitrogens with one attached hydrogen (secondary N) is 1. The van der Waals surface area contributed by atoms with Crippen molar-refractivity contribution in [3.8, 4) is 22.8 Å². The molecule has 1 aromatic carbocycles. The average Bonchev–Trinajstić information content (AvgIpc) is 2.67. The van der Waals surface area contributed by atoms with Crippen molar-refractivity contribution in [2.45, 2.75) is 26.3 Å². The van der Waals surface area contributed by atoms with Crippen LogP contribution in [0.2, 0.25) is 0 Å². The van der Waals surface area contributed by atoms with Crippen LogP contribution in [-0.4, -0.2) is 40.4 Å². The number of hydrogen-bond acceptors (Lipinski definition) is 7. The van der Waals surface area contributed by atoms with Crippen molar-refractivity contribution in [3.05, 3.63) is 54.0 Å². The Morgan fingerprint density at radius 2 is 1.93 bits per heavy atom. The Labute approximate surface area is 158 Å². The van der Waals surface area contributed by atoms with Crippen molar-refractivity contribution in [3.63, 3.8) is 0 Å². The molecule has 27 heavy (non-hydrogen) atoms. The number of aromatic nitrogens is 4. The monoisotopic (exact) mass is 365 g/mol. The van der Waals surface area contributed by atoms with E-state index in [4.69, 9.17) is 9.47 Å². The third-order valence-electron chi connectivity index (χ3n) is 4.08. The molecule has 3 rings (SSSR count). The first-order chi connectivity index (χ1) is 13.1. The fourth-order valence-electron chi connectivity index (χ4n) is 2.80. The summed E-state index contributed by atoms with van der Waals surface area (Å²) in [5, 5.41) is 11.5. The van der Waals surface area contributed by atoms with Crippen molar-refractivity contribution < 1.29 is 9.47 Å². The van der Waals surface area contributed by atoms with E-state index in [1.807, 2.05) is 43.3 Å². The quantitative estimate of drug-likeness (QED) is 0.688. The molecule has 1 atom stereocenters. The van der Waals surface area contributed by atoms with Gasteiger partial charge in [0.25, 0.3) is 0 Å². The summed E-state index contributed by atoms with van der Waals surface area (Å²) in [6, 6.07) is 11.7. The molecule has 0 bridgehead atoms. The Morgan fingerprint density at radius 1 is 1.07 bits per heavy atom. The standard InChI is InChI=1S/C20H23N5O2/c1-13-6-5-7-15(22-13)10-14(2)23-20-24-18(12-21-25-20)17-9-8-16(26-3)11-19(17)27-4/h5-9,11-12,14H,10H2,1-4H3,(H,23,24,25)/t14-/m1/s1. The smallest absolute Gasteiger partial charge is 0.243 e. The molecule has 0 radical (unpaired) electrons. The highest BCUT2D eigenvalue weighted by molar-refractivity contribution is 5.68. The second kappa shape index (κ2) is 8.44. The second-order valence-electron chi connectivity index (χ2n) is 6.25. The molecule has 0 aliphatic carbocycles. The predicted octanol–water partition coefficient (Wildman–Crippen LogP) is 3.30. The average molecular weight is 365 g/mol. The van der Waals surface area contributed by atoms with E-state index in [1.54, 1.807) is 20.4 Å². The van der Waals surface area contributed by atoms with Crippen LogP contribution in [0, 0.1) is 6.92 Å². The lowest BCUT2D eigenvalue weighted by atomic mass is 10.1. The maximum absolute atomic E-state index is 5.46. The minimum Gasteiger partial charge on any atom is -0.497 e. The molecule has 0 aliphatic heterocycles. The van der Waals surface area contributed by atoms with Gasteiger partial charge in [0.1, 0.15) is 11.5 Å². The molecule has 140 valence electrons. The van der Waals surface area contributed by atoms with Crippen LogP contribution < -0.4 is 14.8 Å². The number of nitrogens with zero attached hydrogens (tertiary/aromatic N) is 4. The molecule has 7 nitrogen and oxygen atoms in total. The number of hydrogen-bond donors (Lipinski definition) is 1. The molecular weight excluding hydrogens is 342 g/mol. The number of anilines is 1. The first-order valence-electron chi connectivity index (χ1n) is 8.70. The van der Waals surface area contributed by atoms with Crippen molar-refractivity contribution in [1.82, 2.24) is 20.2 Å². The van der Waals surface area contributed by atoms with E-state index in [0.29, 0.717) is 17.4 Å². The van der Waals surface area contributed by atoms with E-state index in [9.17, 15) is 0 Å². The van der Waals surface area contributed by atoms with E-state index in [0.717, 1.165) is 29.1 Å². The van der Waals surface area contributed by atoms with Gasteiger partial charge in [-0.25, -0.2) is 4.98 Å². The van der Waals surface area contributed by atoms with Crippen LogP contribution in [0.15, 0.2) is 42.6 Å². The summed E-state index contributed by atoms with van der Waals surface area (Å²) in [5.41, 5.74) is 3.53. The lowest BCUT2D eigenvalue weighted by Crippen LogP contribution is -2.20. The van der Waals surface area contributed by atoms with Crippen molar-refractivity contribution in [2.75, 3.05) is 19.5 Å². The van der Waals surface area contributed by atoms with Crippen LogP contribution >= 0.6 is 0 Å². The van der Waals surface area contributed by atoms with Gasteiger partial charge >= 0.3 is 0 Å². The summed E-state index contributed by atoms with van der Waals surface area (Å²) < 4.78 is 10.7. The van der Waals surface area contributed by atoms with Crippen LogP contribution in [0.25, 0.3) is 11.3 Å². The fraction of sp³-hybridized carbons (Fsp3) is 0.300. The maximum atomic E-state index is 5.46. The first-order valence-corrected chi connectivity index (χ1v) is 8.70. The van der Waals surface area contributed by atoms with Crippen molar-refractivity contribution in [1.29, 1.82) is 0 Å². The topological polar surface area (TPSA) is 82.1 Å². The highest BCUT2D eigenvalue weighted by Gasteiger charge is 2.12. The van der Waals surface area contributed by atoms with Gasteiger partial charge < -0.3 is 14.8 Å². The lowest BCUT2D eigenvalue weighted by molar-refractivity contribution is 0.395. The summed E-state index contributed by atoms with van der Waals surface area (Å²) in [6.45, 7) is 4.05. The van der Waals surface area contributed by atoms with Gasteiger partial charge in [0, 0.05) is 35.5 Å². The summed E-state index contributed by atoms with van der Waals surface area (Å²) in [5.74, 6) is 1.85. The molecular formula is C20H23N5O2. The summed E-state index contributed by atoms with van der Waals surface area (Å²) in [6.07, 6.45) is 2.38.